The van der Waals surface area contributed by atoms with E-state index in [1.165, 1.54) is 17.2 Å². The zero-order valence-corrected chi connectivity index (χ0v) is 17.8. The van der Waals surface area contributed by atoms with Gasteiger partial charge >= 0.3 is 5.69 Å². The summed E-state index contributed by atoms with van der Waals surface area (Å²) < 4.78 is 6.54. The first-order chi connectivity index (χ1) is 13.0. The van der Waals surface area contributed by atoms with Crippen LogP contribution in [-0.4, -0.2) is 17.7 Å². The summed E-state index contributed by atoms with van der Waals surface area (Å²) >= 11 is 12.5. The van der Waals surface area contributed by atoms with E-state index in [4.69, 9.17) is 27.9 Å². The predicted molar refractivity (Wildman–Crippen MR) is 113 cm³/mol. The van der Waals surface area contributed by atoms with Gasteiger partial charge in [0.05, 0.1) is 10.3 Å². The van der Waals surface area contributed by atoms with Crippen molar-refractivity contribution < 1.29 is 9.66 Å². The summed E-state index contributed by atoms with van der Waals surface area (Å²) in [4.78, 5) is 12.9. The molecule has 2 aliphatic rings. The summed E-state index contributed by atoms with van der Waals surface area (Å²) in [7, 11) is 2.00. The van der Waals surface area contributed by atoms with Crippen LogP contribution in [0.3, 0.4) is 0 Å². The Hall–Kier alpha value is -2.24. The smallest absolute Gasteiger partial charge is 0.307 e. The second kappa shape index (κ2) is 5.88. The molecular formula is C21H20Cl2N2O3. The number of rotatable bonds is 1. The van der Waals surface area contributed by atoms with Crippen molar-refractivity contribution in [1.82, 2.24) is 0 Å². The number of halogens is 2. The van der Waals surface area contributed by atoms with Crippen LogP contribution in [0.5, 0.6) is 5.75 Å². The lowest BCUT2D eigenvalue weighted by Crippen LogP contribution is -2.58. The van der Waals surface area contributed by atoms with E-state index in [0.717, 1.165) is 11.3 Å². The zero-order valence-electron chi connectivity index (χ0n) is 16.3. The lowest BCUT2D eigenvalue weighted by Gasteiger charge is -2.46. The van der Waals surface area contributed by atoms with Gasteiger partial charge in [0, 0.05) is 24.4 Å². The van der Waals surface area contributed by atoms with Gasteiger partial charge in [0.25, 0.3) is 0 Å². The largest absolute Gasteiger partial charge is 0.463 e. The highest BCUT2D eigenvalue weighted by Crippen LogP contribution is 2.57. The van der Waals surface area contributed by atoms with E-state index in [-0.39, 0.29) is 21.1 Å². The topological polar surface area (TPSA) is 55.6 Å². The van der Waals surface area contributed by atoms with E-state index in [9.17, 15) is 10.1 Å². The van der Waals surface area contributed by atoms with Crippen LogP contribution in [0.15, 0.2) is 24.3 Å². The number of likely N-dealkylation sites (N-methyl/N-ethyl adjacent to an activating group) is 1. The van der Waals surface area contributed by atoms with E-state index in [1.807, 2.05) is 13.1 Å². The van der Waals surface area contributed by atoms with Crippen LogP contribution in [0.4, 0.5) is 11.4 Å². The van der Waals surface area contributed by atoms with Crippen LogP contribution in [0, 0.1) is 24.0 Å². The molecule has 146 valence electrons. The van der Waals surface area contributed by atoms with Crippen LogP contribution in [0.1, 0.15) is 36.1 Å². The minimum Gasteiger partial charge on any atom is -0.463 e. The van der Waals surface area contributed by atoms with Crippen LogP contribution in [0.2, 0.25) is 10.0 Å². The predicted octanol–water partition coefficient (Wildman–Crippen LogP) is 6.05. The third kappa shape index (κ3) is 2.20. The standard InChI is InChI=1S/C21H20Cl2N2O3/c1-11-6-7-12(2)18-16(11)20(3,4)21(24(18)5)9-8-13-15(28-21)10-14(22)19(17(13)23)25(26)27/h6-10H,1-5H3. The molecule has 0 bridgehead atoms. The molecule has 0 aromatic heterocycles. The molecule has 4 rings (SSSR count). The number of fused-ring (bicyclic) bond motifs is 2. The molecule has 0 saturated carbocycles. The van der Waals surface area contributed by atoms with Crippen molar-refractivity contribution in [1.29, 1.82) is 0 Å². The van der Waals surface area contributed by atoms with Crippen LogP contribution in [-0.2, 0) is 5.41 Å². The molecule has 1 unspecified atom stereocenters. The second-order valence-corrected chi connectivity index (χ2v) is 8.71. The number of aryl methyl sites for hydroxylation is 2. The molecule has 0 saturated heterocycles. The summed E-state index contributed by atoms with van der Waals surface area (Å²) in [6.45, 7) is 8.48. The zero-order chi connectivity index (χ0) is 20.6. The molecule has 0 radical (unpaired) electrons. The molecule has 2 aliphatic heterocycles. The number of nitro groups is 1. The van der Waals surface area contributed by atoms with Gasteiger partial charge in [-0.1, -0.05) is 35.3 Å². The van der Waals surface area contributed by atoms with E-state index < -0.39 is 10.6 Å². The van der Waals surface area contributed by atoms with Crippen molar-refractivity contribution >= 4 is 40.7 Å². The molecule has 2 aromatic rings. The second-order valence-electron chi connectivity index (χ2n) is 7.93. The van der Waals surface area contributed by atoms with Crippen LogP contribution < -0.4 is 9.64 Å². The van der Waals surface area contributed by atoms with E-state index in [1.54, 1.807) is 6.08 Å². The first kappa shape index (κ1) is 19.1. The molecule has 28 heavy (non-hydrogen) atoms. The van der Waals surface area contributed by atoms with Crippen molar-refractivity contribution in [2.75, 3.05) is 11.9 Å². The fraction of sp³-hybridized carbons (Fsp3) is 0.333. The van der Waals surface area contributed by atoms with E-state index in [0.29, 0.717) is 11.3 Å². The van der Waals surface area contributed by atoms with Crippen molar-refractivity contribution in [2.24, 2.45) is 0 Å². The fourth-order valence-electron chi connectivity index (χ4n) is 4.70. The Labute approximate surface area is 173 Å². The number of anilines is 1. The molecule has 0 amide bonds. The van der Waals surface area contributed by atoms with Gasteiger partial charge in [0.2, 0.25) is 5.72 Å². The summed E-state index contributed by atoms with van der Waals surface area (Å²) in [6, 6.07) is 5.72. The van der Waals surface area contributed by atoms with Gasteiger partial charge < -0.3 is 9.64 Å². The number of benzene rings is 2. The molecule has 0 N–H and O–H groups in total. The first-order valence-electron chi connectivity index (χ1n) is 8.92. The molecule has 1 spiro atoms. The highest BCUT2D eigenvalue weighted by atomic mass is 35.5. The summed E-state index contributed by atoms with van der Waals surface area (Å²) in [5.74, 6) is 0.436. The number of nitrogens with zero attached hydrogens (tertiary/aromatic N) is 2. The molecule has 2 aromatic carbocycles. The van der Waals surface area contributed by atoms with Crippen molar-refractivity contribution in [2.45, 2.75) is 38.8 Å². The van der Waals surface area contributed by atoms with Gasteiger partial charge in [-0.05, 0) is 56.5 Å². The average molecular weight is 419 g/mol. The summed E-state index contributed by atoms with van der Waals surface area (Å²) in [5.41, 5.74) is 3.69. The first-order valence-corrected chi connectivity index (χ1v) is 9.67. The minimum absolute atomic E-state index is 0.0121. The highest BCUT2D eigenvalue weighted by Gasteiger charge is 2.58. The quantitative estimate of drug-likeness (QED) is 0.417. The highest BCUT2D eigenvalue weighted by molar-refractivity contribution is 6.39. The lowest BCUT2D eigenvalue weighted by atomic mass is 9.74. The van der Waals surface area contributed by atoms with Gasteiger partial charge in [-0.25, -0.2) is 0 Å². The monoisotopic (exact) mass is 418 g/mol. The maximum Gasteiger partial charge on any atom is 0.307 e. The van der Waals surface area contributed by atoms with Gasteiger partial charge in [-0.15, -0.1) is 0 Å². The van der Waals surface area contributed by atoms with Crippen molar-refractivity contribution in [3.8, 4) is 5.75 Å². The Balaban J connectivity index is 1.94. The van der Waals surface area contributed by atoms with E-state index in [2.05, 4.69) is 44.7 Å². The van der Waals surface area contributed by atoms with Gasteiger partial charge in [-0.3, -0.25) is 10.1 Å². The minimum atomic E-state index is -0.804. The van der Waals surface area contributed by atoms with Gasteiger partial charge in [0.1, 0.15) is 15.8 Å². The van der Waals surface area contributed by atoms with Crippen molar-refractivity contribution in [3.05, 3.63) is 66.7 Å². The molecule has 7 heteroatoms. The fourth-order valence-corrected chi connectivity index (χ4v) is 5.34. The Morgan fingerprint density at radius 3 is 2.43 bits per heavy atom. The van der Waals surface area contributed by atoms with Crippen molar-refractivity contribution in [3.63, 3.8) is 0 Å². The number of hydrogen-bond acceptors (Lipinski definition) is 4. The Kier molecular flexibility index (Phi) is 4.01. The number of nitro benzene ring substituents is 1. The third-order valence-corrected chi connectivity index (χ3v) is 6.73. The van der Waals surface area contributed by atoms with Crippen LogP contribution >= 0.6 is 23.2 Å². The van der Waals surface area contributed by atoms with Gasteiger partial charge in [0.15, 0.2) is 0 Å². The average Bonchev–Trinajstić information content (AvgIpc) is 2.77. The van der Waals surface area contributed by atoms with E-state index >= 15 is 0 Å². The van der Waals surface area contributed by atoms with Gasteiger partial charge in [-0.2, -0.15) is 0 Å². The number of hydrogen-bond donors (Lipinski definition) is 0. The Morgan fingerprint density at radius 1 is 1.18 bits per heavy atom. The summed E-state index contributed by atoms with van der Waals surface area (Å²) in [5, 5.41) is 11.3. The SMILES string of the molecule is Cc1ccc(C)c2c1N(C)C1(C=Cc3c(cc(Cl)c([N+](=O)[O-])c3Cl)O1)C2(C)C. The molecule has 0 aliphatic carbocycles. The molecular weight excluding hydrogens is 399 g/mol. The normalized spacial score (nSPS) is 21.5. The molecule has 1 atom stereocenters. The third-order valence-electron chi connectivity index (χ3n) is 6.06. The molecule has 2 heterocycles. The van der Waals surface area contributed by atoms with Crippen LogP contribution in [0.25, 0.3) is 6.08 Å². The number of ether oxygens (including phenoxy) is 1. The Morgan fingerprint density at radius 2 is 1.82 bits per heavy atom. The molecule has 5 nitrogen and oxygen atoms in total. The lowest BCUT2D eigenvalue weighted by molar-refractivity contribution is -0.384. The Bertz CT molecular complexity index is 1080. The molecule has 0 fully saturated rings. The maximum atomic E-state index is 11.3. The maximum absolute atomic E-state index is 11.3. The summed E-state index contributed by atoms with van der Waals surface area (Å²) in [6.07, 6.45) is 3.75.